The second kappa shape index (κ2) is 5.00. The lowest BCUT2D eigenvalue weighted by Gasteiger charge is -2.19. The molecule has 1 atom stereocenters. The van der Waals surface area contributed by atoms with E-state index in [2.05, 4.69) is 28.9 Å². The van der Waals surface area contributed by atoms with Crippen LogP contribution in [0.25, 0.3) is 10.9 Å². The largest absolute Gasteiger partial charge is 0.443 e. The Hall–Kier alpha value is -1.29. The monoisotopic (exact) mass is 323 g/mol. The van der Waals surface area contributed by atoms with Crippen molar-refractivity contribution in [3.05, 3.63) is 36.0 Å². The first-order valence-electron chi connectivity index (χ1n) is 6.27. The maximum absolute atomic E-state index is 12.1. The molecule has 0 amide bonds. The van der Waals surface area contributed by atoms with Crippen molar-refractivity contribution in [2.24, 2.45) is 0 Å². The van der Waals surface area contributed by atoms with E-state index < -0.39 is 5.60 Å². The van der Waals surface area contributed by atoms with Gasteiger partial charge >= 0.3 is 6.09 Å². The molecule has 2 rings (SSSR count). The summed E-state index contributed by atoms with van der Waals surface area (Å²) in [7, 11) is 0. The molecule has 0 N–H and O–H groups in total. The molecule has 0 fully saturated rings. The van der Waals surface area contributed by atoms with Crippen molar-refractivity contribution >= 4 is 32.9 Å². The minimum absolute atomic E-state index is 0.241. The molecule has 1 heterocycles. The van der Waals surface area contributed by atoms with Gasteiger partial charge in [-0.05, 0) is 45.4 Å². The molecule has 0 saturated heterocycles. The number of ether oxygens (including phenoxy) is 1. The summed E-state index contributed by atoms with van der Waals surface area (Å²) in [5, 5.41) is 1.07. The fraction of sp³-hybridized carbons (Fsp3) is 0.400. The van der Waals surface area contributed by atoms with Crippen LogP contribution in [0.5, 0.6) is 0 Å². The van der Waals surface area contributed by atoms with Crippen molar-refractivity contribution < 1.29 is 9.53 Å². The smallest absolute Gasteiger partial charge is 0.418 e. The van der Waals surface area contributed by atoms with Gasteiger partial charge in [0.1, 0.15) is 5.60 Å². The second-order valence-electron chi connectivity index (χ2n) is 5.56. The summed E-state index contributed by atoms with van der Waals surface area (Å²) in [6, 6.07) is 7.89. The SMILES string of the molecule is C[C@H](Br)c1cccc2c1ccn2C(=O)OC(C)(C)C. The minimum Gasteiger partial charge on any atom is -0.443 e. The van der Waals surface area contributed by atoms with Crippen LogP contribution in [0, 0.1) is 0 Å². The van der Waals surface area contributed by atoms with Crippen LogP contribution in [0.4, 0.5) is 4.79 Å². The van der Waals surface area contributed by atoms with E-state index in [1.54, 1.807) is 10.8 Å². The highest BCUT2D eigenvalue weighted by atomic mass is 79.9. The van der Waals surface area contributed by atoms with Crippen LogP contribution in [0.1, 0.15) is 38.1 Å². The molecule has 0 radical (unpaired) electrons. The van der Waals surface area contributed by atoms with E-state index in [4.69, 9.17) is 4.74 Å². The fourth-order valence-corrected chi connectivity index (χ4v) is 2.41. The number of rotatable bonds is 1. The van der Waals surface area contributed by atoms with Crippen molar-refractivity contribution in [2.45, 2.75) is 38.1 Å². The van der Waals surface area contributed by atoms with E-state index in [1.165, 1.54) is 5.56 Å². The zero-order chi connectivity index (χ0) is 14.2. The van der Waals surface area contributed by atoms with Crippen LogP contribution < -0.4 is 0 Å². The number of carbonyl (C=O) groups excluding carboxylic acids is 1. The van der Waals surface area contributed by atoms with Crippen LogP contribution in [0.2, 0.25) is 0 Å². The maximum Gasteiger partial charge on any atom is 0.418 e. The molecule has 0 aliphatic carbocycles. The highest BCUT2D eigenvalue weighted by Crippen LogP contribution is 2.30. The fourth-order valence-electron chi connectivity index (χ4n) is 2.01. The molecule has 19 heavy (non-hydrogen) atoms. The average Bonchev–Trinajstić information content (AvgIpc) is 2.69. The molecule has 0 saturated carbocycles. The summed E-state index contributed by atoms with van der Waals surface area (Å²) in [6.07, 6.45) is 1.42. The summed E-state index contributed by atoms with van der Waals surface area (Å²) in [5.41, 5.74) is 1.55. The molecule has 3 nitrogen and oxygen atoms in total. The van der Waals surface area contributed by atoms with E-state index in [0.29, 0.717) is 0 Å². The number of carbonyl (C=O) groups is 1. The lowest BCUT2D eigenvalue weighted by atomic mass is 10.1. The third-order valence-electron chi connectivity index (χ3n) is 2.79. The predicted octanol–water partition coefficient (Wildman–Crippen LogP) is 4.88. The summed E-state index contributed by atoms with van der Waals surface area (Å²) < 4.78 is 6.96. The zero-order valence-corrected chi connectivity index (χ0v) is 13.2. The van der Waals surface area contributed by atoms with Gasteiger partial charge < -0.3 is 4.74 Å². The number of benzene rings is 1. The van der Waals surface area contributed by atoms with E-state index in [1.807, 2.05) is 39.0 Å². The first-order chi connectivity index (χ1) is 8.79. The van der Waals surface area contributed by atoms with Crippen molar-refractivity contribution in [3.63, 3.8) is 0 Å². The van der Waals surface area contributed by atoms with Gasteiger partial charge in [-0.25, -0.2) is 4.79 Å². The van der Waals surface area contributed by atoms with Gasteiger partial charge in [-0.3, -0.25) is 4.57 Å². The van der Waals surface area contributed by atoms with Gasteiger partial charge in [-0.15, -0.1) is 0 Å². The molecule has 0 aliphatic rings. The van der Waals surface area contributed by atoms with Crippen molar-refractivity contribution in [1.82, 2.24) is 4.57 Å². The van der Waals surface area contributed by atoms with Gasteiger partial charge in [0, 0.05) is 16.4 Å². The molecule has 0 aliphatic heterocycles. The Labute approximate surface area is 121 Å². The standard InChI is InChI=1S/C15H18BrNO2/c1-10(16)11-6-5-7-13-12(11)8-9-17(13)14(18)19-15(2,3)4/h5-10H,1-4H3/t10-/m0/s1. The van der Waals surface area contributed by atoms with Gasteiger partial charge in [-0.1, -0.05) is 28.1 Å². The lowest BCUT2D eigenvalue weighted by Crippen LogP contribution is -2.26. The van der Waals surface area contributed by atoms with Crippen LogP contribution >= 0.6 is 15.9 Å². The quantitative estimate of drug-likeness (QED) is 0.700. The molecule has 0 spiro atoms. The average molecular weight is 324 g/mol. The second-order valence-corrected chi connectivity index (χ2v) is 6.94. The Morgan fingerprint density at radius 2 is 2.00 bits per heavy atom. The summed E-state index contributed by atoms with van der Waals surface area (Å²) in [6.45, 7) is 7.66. The predicted molar refractivity (Wildman–Crippen MR) is 80.9 cm³/mol. The first kappa shape index (κ1) is 14.1. The van der Waals surface area contributed by atoms with Gasteiger partial charge in [0.05, 0.1) is 5.52 Å². The van der Waals surface area contributed by atoms with Crippen molar-refractivity contribution in [1.29, 1.82) is 0 Å². The summed E-state index contributed by atoms with van der Waals surface area (Å²) in [4.78, 5) is 12.4. The molecule has 2 aromatic rings. The Morgan fingerprint density at radius 3 is 2.58 bits per heavy atom. The van der Waals surface area contributed by atoms with Gasteiger partial charge in [0.25, 0.3) is 0 Å². The third kappa shape index (κ3) is 3.00. The molecule has 102 valence electrons. The zero-order valence-electron chi connectivity index (χ0n) is 11.6. The highest BCUT2D eigenvalue weighted by Gasteiger charge is 2.19. The number of fused-ring (bicyclic) bond motifs is 1. The van der Waals surface area contributed by atoms with Gasteiger partial charge in [-0.2, -0.15) is 0 Å². The van der Waals surface area contributed by atoms with Crippen LogP contribution in [-0.2, 0) is 4.74 Å². The molecular formula is C15H18BrNO2. The Kier molecular flexibility index (Phi) is 3.72. The summed E-state index contributed by atoms with van der Waals surface area (Å²) in [5.74, 6) is 0. The third-order valence-corrected chi connectivity index (χ3v) is 3.28. The Bertz CT molecular complexity index is 608. The number of alkyl halides is 1. The topological polar surface area (TPSA) is 31.2 Å². The number of nitrogens with zero attached hydrogens (tertiary/aromatic N) is 1. The van der Waals surface area contributed by atoms with Gasteiger partial charge in [0.2, 0.25) is 0 Å². The molecular weight excluding hydrogens is 306 g/mol. The van der Waals surface area contributed by atoms with Crippen LogP contribution in [0.15, 0.2) is 30.5 Å². The van der Waals surface area contributed by atoms with Crippen LogP contribution in [-0.4, -0.2) is 16.3 Å². The maximum atomic E-state index is 12.1. The molecule has 4 heteroatoms. The number of aromatic nitrogens is 1. The van der Waals surface area contributed by atoms with E-state index in [9.17, 15) is 4.79 Å². The van der Waals surface area contributed by atoms with E-state index >= 15 is 0 Å². The molecule has 1 aromatic carbocycles. The molecule has 0 bridgehead atoms. The number of halogens is 1. The normalized spacial score (nSPS) is 13.5. The minimum atomic E-state index is -0.492. The summed E-state index contributed by atoms with van der Waals surface area (Å²) >= 11 is 3.57. The van der Waals surface area contributed by atoms with Crippen LogP contribution in [0.3, 0.4) is 0 Å². The van der Waals surface area contributed by atoms with Crippen molar-refractivity contribution in [3.8, 4) is 0 Å². The molecule has 1 aromatic heterocycles. The van der Waals surface area contributed by atoms with Crippen molar-refractivity contribution in [2.75, 3.05) is 0 Å². The Morgan fingerprint density at radius 1 is 1.32 bits per heavy atom. The number of hydrogen-bond donors (Lipinski definition) is 0. The molecule has 0 unspecified atom stereocenters. The number of hydrogen-bond acceptors (Lipinski definition) is 2. The van der Waals surface area contributed by atoms with E-state index in [-0.39, 0.29) is 10.9 Å². The highest BCUT2D eigenvalue weighted by molar-refractivity contribution is 9.09. The first-order valence-corrected chi connectivity index (χ1v) is 7.18. The van der Waals surface area contributed by atoms with E-state index in [0.717, 1.165) is 10.9 Å². The van der Waals surface area contributed by atoms with Gasteiger partial charge in [0.15, 0.2) is 0 Å². The Balaban J connectivity index is 2.47. The lowest BCUT2D eigenvalue weighted by molar-refractivity contribution is 0.0544.